The zero-order chi connectivity index (χ0) is 34.2. The molecule has 0 N–H and O–H groups in total. The van der Waals surface area contributed by atoms with Gasteiger partial charge < -0.3 is 0 Å². The third-order valence-electron chi connectivity index (χ3n) is 11.6. The van der Waals surface area contributed by atoms with E-state index in [1.807, 2.05) is 24.3 Å². The van der Waals surface area contributed by atoms with E-state index < -0.39 is 0 Å². The molecule has 0 amide bonds. The average molecular weight is 665 g/mol. The number of benzene rings is 10. The number of hydrogen-bond acceptors (Lipinski definition) is 0. The van der Waals surface area contributed by atoms with Crippen LogP contribution >= 0.6 is 0 Å². The van der Waals surface area contributed by atoms with Crippen molar-refractivity contribution in [3.05, 3.63) is 169 Å². The van der Waals surface area contributed by atoms with Gasteiger partial charge in [0.05, 0.1) is 0 Å². The van der Waals surface area contributed by atoms with Crippen LogP contribution in [0.1, 0.15) is 0 Å². The van der Waals surface area contributed by atoms with Crippen LogP contribution in [-0.4, -0.2) is 0 Å². The van der Waals surface area contributed by atoms with Gasteiger partial charge in [-0.15, -0.1) is 0 Å². The molecule has 0 unspecified atom stereocenters. The molecule has 0 radical (unpaired) electrons. The summed E-state index contributed by atoms with van der Waals surface area (Å²) in [6.45, 7) is 0. The van der Waals surface area contributed by atoms with E-state index in [0.717, 1.165) is 65.7 Å². The van der Waals surface area contributed by atoms with Gasteiger partial charge in [0.25, 0.3) is 0 Å². The number of hydrogen-bond donors (Lipinski definition) is 0. The first kappa shape index (κ1) is 28.1. The van der Waals surface area contributed by atoms with Crippen LogP contribution in [0.4, 0.5) is 8.78 Å². The molecule has 0 fully saturated rings. The highest BCUT2D eigenvalue weighted by atomic mass is 19.1. The largest absolute Gasteiger partial charge is 0.206 e. The maximum Gasteiger partial charge on any atom is 0.131 e. The Morgan fingerprint density at radius 2 is 0.519 bits per heavy atom. The fourth-order valence-electron chi connectivity index (χ4n) is 9.41. The molecule has 10 aromatic rings. The molecule has 12 rings (SSSR count). The first-order valence-electron chi connectivity index (χ1n) is 17.7. The summed E-state index contributed by atoms with van der Waals surface area (Å²) in [5, 5.41) is 10.9. The lowest BCUT2D eigenvalue weighted by Crippen LogP contribution is -1.93. The van der Waals surface area contributed by atoms with E-state index in [9.17, 15) is 0 Å². The zero-order valence-corrected chi connectivity index (χ0v) is 27.8. The van der Waals surface area contributed by atoms with E-state index in [0.29, 0.717) is 11.1 Å². The molecular weight excluding hydrogens is 639 g/mol. The van der Waals surface area contributed by atoms with E-state index in [1.165, 1.54) is 43.8 Å². The Hall–Kier alpha value is -6.64. The van der Waals surface area contributed by atoms with Crippen molar-refractivity contribution in [1.82, 2.24) is 0 Å². The Morgan fingerprint density at radius 3 is 0.885 bits per heavy atom. The van der Waals surface area contributed by atoms with Crippen molar-refractivity contribution in [2.45, 2.75) is 0 Å². The highest BCUT2D eigenvalue weighted by Crippen LogP contribution is 2.54. The van der Waals surface area contributed by atoms with Gasteiger partial charge in [-0.2, -0.15) is 0 Å². The van der Waals surface area contributed by atoms with Crippen LogP contribution < -0.4 is 0 Å². The third-order valence-corrected chi connectivity index (χ3v) is 11.6. The average Bonchev–Trinajstić information content (AvgIpc) is 3.67. The first-order chi connectivity index (χ1) is 25.6. The smallest absolute Gasteiger partial charge is 0.131 e. The number of halogens is 2. The summed E-state index contributed by atoms with van der Waals surface area (Å²) in [5.41, 5.74) is 12.2. The van der Waals surface area contributed by atoms with Gasteiger partial charge in [-0.1, -0.05) is 109 Å². The minimum absolute atomic E-state index is 0.260. The Balaban J connectivity index is 1.29. The van der Waals surface area contributed by atoms with Gasteiger partial charge in [0, 0.05) is 11.1 Å². The molecule has 2 heteroatoms. The highest BCUT2D eigenvalue weighted by Gasteiger charge is 2.27. The van der Waals surface area contributed by atoms with Gasteiger partial charge in [-0.3, -0.25) is 0 Å². The van der Waals surface area contributed by atoms with Gasteiger partial charge in [0.1, 0.15) is 11.6 Å². The Labute approximate surface area is 297 Å². The summed E-state index contributed by atoms with van der Waals surface area (Å²) in [4.78, 5) is 0. The fraction of sp³-hybridized carbons (Fsp3) is 0. The van der Waals surface area contributed by atoms with Crippen molar-refractivity contribution in [3.63, 3.8) is 0 Å². The van der Waals surface area contributed by atoms with Crippen LogP contribution in [0.2, 0.25) is 0 Å². The monoisotopic (exact) mass is 664 g/mol. The maximum atomic E-state index is 15.9. The molecule has 2 aliphatic carbocycles. The molecule has 0 atom stereocenters. The molecule has 52 heavy (non-hydrogen) atoms. The molecule has 0 saturated carbocycles. The van der Waals surface area contributed by atoms with E-state index in [-0.39, 0.29) is 11.6 Å². The van der Waals surface area contributed by atoms with Crippen molar-refractivity contribution in [2.24, 2.45) is 0 Å². The predicted octanol–water partition coefficient (Wildman–Crippen LogP) is 14.4. The summed E-state index contributed by atoms with van der Waals surface area (Å²) in [6, 6.07) is 53.5. The lowest BCUT2D eigenvalue weighted by Gasteiger charge is -2.19. The summed E-state index contributed by atoms with van der Waals surface area (Å²) < 4.78 is 31.9. The van der Waals surface area contributed by atoms with Crippen LogP contribution in [0.5, 0.6) is 0 Å². The van der Waals surface area contributed by atoms with Gasteiger partial charge in [0.15, 0.2) is 0 Å². The quantitative estimate of drug-likeness (QED) is 0.161. The molecule has 2 aliphatic rings. The fourth-order valence-corrected chi connectivity index (χ4v) is 9.41. The SMILES string of the molecule is Fc1ccccc1-c1cc2c3cc4c(cc3c(-c3ccccc3F)cc2c2cc3c(cc12)-c1cccc2cccc-3c12)-c1cccc2cccc-4c12. The van der Waals surface area contributed by atoms with Crippen molar-refractivity contribution in [2.75, 3.05) is 0 Å². The van der Waals surface area contributed by atoms with Gasteiger partial charge >= 0.3 is 0 Å². The lowest BCUT2D eigenvalue weighted by molar-refractivity contribution is 0.631. The molecule has 0 nitrogen and oxygen atoms in total. The summed E-state index contributed by atoms with van der Waals surface area (Å²) >= 11 is 0. The molecule has 0 aromatic heterocycles. The van der Waals surface area contributed by atoms with E-state index in [2.05, 4.69) is 109 Å². The van der Waals surface area contributed by atoms with Crippen molar-refractivity contribution in [3.8, 4) is 66.8 Å². The number of fused-ring (bicyclic) bond motifs is 11. The maximum absolute atomic E-state index is 15.9. The predicted molar refractivity (Wildman–Crippen MR) is 214 cm³/mol. The van der Waals surface area contributed by atoms with E-state index in [4.69, 9.17) is 0 Å². The lowest BCUT2D eigenvalue weighted by atomic mass is 9.84. The third kappa shape index (κ3) is 3.58. The Bertz CT molecular complexity index is 3030. The highest BCUT2D eigenvalue weighted by molar-refractivity contribution is 6.29. The van der Waals surface area contributed by atoms with Gasteiger partial charge in [-0.05, 0) is 158 Å². The van der Waals surface area contributed by atoms with Crippen molar-refractivity contribution >= 4 is 53.9 Å². The van der Waals surface area contributed by atoms with Gasteiger partial charge in [-0.25, -0.2) is 8.78 Å². The van der Waals surface area contributed by atoms with Crippen LogP contribution in [-0.2, 0) is 0 Å². The Kier molecular flexibility index (Phi) is 5.40. The molecule has 0 heterocycles. The van der Waals surface area contributed by atoms with E-state index in [1.54, 1.807) is 24.3 Å². The normalized spacial score (nSPS) is 12.4. The summed E-state index contributed by atoms with van der Waals surface area (Å²) in [6.07, 6.45) is 0. The first-order valence-corrected chi connectivity index (χ1v) is 17.7. The molecular formula is C50H26F2. The van der Waals surface area contributed by atoms with Crippen molar-refractivity contribution < 1.29 is 8.78 Å². The minimum atomic E-state index is -0.260. The molecule has 0 saturated heterocycles. The minimum Gasteiger partial charge on any atom is -0.206 e. The second-order valence-electron chi connectivity index (χ2n) is 14.2. The van der Waals surface area contributed by atoms with E-state index >= 15 is 8.78 Å². The second-order valence-corrected chi connectivity index (χ2v) is 14.2. The van der Waals surface area contributed by atoms with Crippen LogP contribution in [0.25, 0.3) is 121 Å². The number of rotatable bonds is 2. The molecule has 0 bridgehead atoms. The topological polar surface area (TPSA) is 0 Å². The molecule has 0 spiro atoms. The molecule has 240 valence electrons. The Morgan fingerprint density at radius 1 is 0.231 bits per heavy atom. The standard InChI is InChI=1S/C50H26F2/c51-47-19-3-1-13-29(47)35-21-43-44(45-25-39-33-17-7-11-27-9-5-15-31(49(27)33)37(39)23-41(35)45)22-36(30-14-2-4-20-48(30)52)42-24-38-32-16-6-10-28-12-8-18-34(50(28)32)40(38)26-46(42)43/h1-26H. The summed E-state index contributed by atoms with van der Waals surface area (Å²) in [5.74, 6) is -0.520. The van der Waals surface area contributed by atoms with Crippen LogP contribution in [0, 0.1) is 11.6 Å². The zero-order valence-electron chi connectivity index (χ0n) is 27.8. The van der Waals surface area contributed by atoms with Gasteiger partial charge in [0.2, 0.25) is 0 Å². The van der Waals surface area contributed by atoms with Crippen LogP contribution in [0.3, 0.4) is 0 Å². The summed E-state index contributed by atoms with van der Waals surface area (Å²) in [7, 11) is 0. The second kappa shape index (κ2) is 9.99. The van der Waals surface area contributed by atoms with Crippen LogP contribution in [0.15, 0.2) is 158 Å². The molecule has 0 aliphatic heterocycles. The molecule has 10 aromatic carbocycles. The van der Waals surface area contributed by atoms with Crippen molar-refractivity contribution in [1.29, 1.82) is 0 Å².